The topological polar surface area (TPSA) is 246 Å². The molecule has 0 amide bonds. The molecule has 4 aliphatic rings. The average molecular weight is 2540 g/mol. The van der Waals surface area contributed by atoms with Gasteiger partial charge in [0.2, 0.25) is 5.28 Å². The number of hydrogen-bond acceptors (Lipinski definition) is 18. The molecule has 0 spiro atoms. The average Bonchev–Trinajstić information content (AvgIpc) is 1.59. The number of nitrogens with zero attached hydrogens (tertiary/aromatic N) is 10. The van der Waals surface area contributed by atoms with E-state index in [4.69, 9.17) is 93.1 Å². The highest BCUT2D eigenvalue weighted by molar-refractivity contribution is 15.0. The van der Waals surface area contributed by atoms with Crippen molar-refractivity contribution < 1.29 is 72.4 Å². The molecule has 12 aromatic carbocycles. The van der Waals surface area contributed by atoms with E-state index in [1.807, 2.05) is 256 Å². The van der Waals surface area contributed by atoms with Crippen LogP contribution in [0, 0.1) is 91.9 Å². The summed E-state index contributed by atoms with van der Waals surface area (Å²) >= 11 is 28.8. The minimum Gasteiger partial charge on any atom is -0.405 e. The zero-order chi connectivity index (χ0) is 106. The van der Waals surface area contributed by atoms with E-state index >= 15 is 4.39 Å². The molecule has 2 aromatic heterocycles. The monoisotopic (exact) mass is 2540 g/mol. The van der Waals surface area contributed by atoms with Gasteiger partial charge >= 0.3 is 28.3 Å². The van der Waals surface area contributed by atoms with Gasteiger partial charge in [-0.2, -0.15) is 31.0 Å². The van der Waals surface area contributed by atoms with Crippen LogP contribution in [0.15, 0.2) is 271 Å². The Morgan fingerprint density at radius 2 is 0.517 bits per heavy atom. The first-order valence-electron chi connectivity index (χ1n) is 44.1. The van der Waals surface area contributed by atoms with E-state index in [0.717, 1.165) is 46.5 Å². The molecule has 0 unspecified atom stereocenters. The standard InChI is InChI=1S/C28H16F2N4.C19H18BF2NO2.C15H10ClN3.C13H6ClF2N.C12H24B2O4.C12H15BClFO2.C7H3BrFN.CH4.2I2/c29-24-15-18(17-31)11-13-22(24)23-14-12-21(16-25(23)30)28-33-26(19-7-3-1-4-8-19)32-27(34-28)20-9-5-2-6-10-20;1-18(2)19(3,4)25-20(24-18)13-6-8-15(17(22)10-13)14-7-5-12(11-23)9-16(14)21;16-15-18-13(11-7-3-1-4-8-11)17-14(19-15)12-9-5-2-6-10-12;14-9-2-4-11(13(16)6-9)10-3-1-8(7-17)5-12(10)15;1-9(2)10(3,4)16-13(15-9)14-17-11(5,6)12(7,8)18-14;1-11(2)12(3,4)17-13(16-11)9-6-5-8(14)7-10(9)15;8-6-2-1-5(4-10)3-7(6)9;;2*1-2/h1-16H;5-10H,1-4H3;1-10H;1-6H;1-8H3;5-7H,1-4H3;1-3H;1H4;;. The summed E-state index contributed by atoms with van der Waals surface area (Å²) in [6.45, 7) is 31.6. The van der Waals surface area contributed by atoms with Crippen molar-refractivity contribution in [2.75, 3.05) is 0 Å². The number of nitriles is 4. The Labute approximate surface area is 911 Å². The summed E-state index contributed by atoms with van der Waals surface area (Å²) in [5, 5.41) is 35.5. The fourth-order valence-corrected chi connectivity index (χ4v) is 14.5. The maximum absolute atomic E-state index is 15.1. The first-order valence-corrected chi connectivity index (χ1v) is 58.6. The summed E-state index contributed by atoms with van der Waals surface area (Å²) in [6.07, 6.45) is 0. The minimum absolute atomic E-state index is 0. The second-order valence-electron chi connectivity index (χ2n) is 36.3. The molecule has 0 N–H and O–H groups in total. The summed E-state index contributed by atoms with van der Waals surface area (Å²) in [5.41, 5.74) is 2.91. The molecule has 18 nitrogen and oxygen atoms in total. The predicted octanol–water partition coefficient (Wildman–Crippen LogP) is 30.2. The van der Waals surface area contributed by atoms with Crippen molar-refractivity contribution in [3.05, 3.63) is 356 Å². The van der Waals surface area contributed by atoms with Crippen molar-refractivity contribution in [3.63, 3.8) is 0 Å². The predicted molar refractivity (Wildman–Crippen MR) is 597 cm³/mol. The molecule has 145 heavy (non-hydrogen) atoms. The van der Waals surface area contributed by atoms with Crippen LogP contribution in [0.3, 0.4) is 0 Å². The minimum atomic E-state index is -0.683. The van der Waals surface area contributed by atoms with Crippen LogP contribution >= 0.6 is 125 Å². The van der Waals surface area contributed by atoms with E-state index in [1.54, 1.807) is 30.3 Å². The van der Waals surface area contributed by atoms with Crippen LogP contribution in [0.4, 0.5) is 35.1 Å². The van der Waals surface area contributed by atoms with Gasteiger partial charge in [0.15, 0.2) is 29.1 Å². The quantitative estimate of drug-likeness (QED) is 0.0663. The molecule has 6 heterocycles. The van der Waals surface area contributed by atoms with Crippen molar-refractivity contribution >= 4 is 164 Å². The van der Waals surface area contributed by atoms with Crippen LogP contribution in [0.1, 0.15) is 140 Å². The Bertz CT molecular complexity index is 6850. The summed E-state index contributed by atoms with van der Waals surface area (Å²) in [5.74, 6) is -2.14. The van der Waals surface area contributed by atoms with Gasteiger partial charge in [-0.05, 0) is 241 Å². The van der Waals surface area contributed by atoms with Crippen molar-refractivity contribution in [2.24, 2.45) is 0 Å². The molecule has 4 aliphatic heterocycles. The largest absolute Gasteiger partial charge is 0.497 e. The third-order valence-corrected chi connectivity index (χ3v) is 25.8. The summed E-state index contributed by atoms with van der Waals surface area (Å²) in [6, 6.07) is 79.2. The number of halogens is 16. The maximum atomic E-state index is 15.1. The lowest BCUT2D eigenvalue weighted by Gasteiger charge is -2.32. The summed E-state index contributed by atoms with van der Waals surface area (Å²) in [4.78, 5) is 26.6. The molecule has 4 fully saturated rings. The lowest BCUT2D eigenvalue weighted by Crippen LogP contribution is -2.41. The van der Waals surface area contributed by atoms with E-state index < -0.39 is 97.2 Å². The molecule has 0 bridgehead atoms. The van der Waals surface area contributed by atoms with Crippen molar-refractivity contribution in [1.82, 2.24) is 29.9 Å². The summed E-state index contributed by atoms with van der Waals surface area (Å²) < 4.78 is 159. The molecule has 38 heteroatoms. The van der Waals surface area contributed by atoms with Gasteiger partial charge < -0.3 is 37.2 Å². The van der Waals surface area contributed by atoms with Crippen molar-refractivity contribution in [2.45, 2.75) is 163 Å². The third kappa shape index (κ3) is 30.3. The van der Waals surface area contributed by atoms with E-state index in [2.05, 4.69) is 120 Å². The van der Waals surface area contributed by atoms with Gasteiger partial charge in [0.05, 0.1) is 95.8 Å². The first-order chi connectivity index (χ1) is 68.0. The van der Waals surface area contributed by atoms with Gasteiger partial charge in [-0.25, -0.2) is 55.1 Å². The molecule has 0 saturated carbocycles. The first kappa shape index (κ1) is 119. The fraction of sp³-hybridized carbons (Fsp3) is 0.234. The second-order valence-corrected chi connectivity index (χ2v) is 38.4. The van der Waals surface area contributed by atoms with Crippen LogP contribution in [0.25, 0.3) is 90.3 Å². The molecular formula is C107H96B4BrCl3F8I4N10O8. The number of aromatic nitrogens is 6. The number of hydrogen-bond donors (Lipinski definition) is 0. The molecule has 18 rings (SSSR count). The molecular weight excluding hydrogens is 2440 g/mol. The zero-order valence-electron chi connectivity index (χ0n) is 80.5. The van der Waals surface area contributed by atoms with Gasteiger partial charge in [0.25, 0.3) is 0 Å². The van der Waals surface area contributed by atoms with Crippen LogP contribution in [-0.4, -0.2) is 103 Å². The molecule has 14 aromatic rings. The molecule has 0 aliphatic carbocycles. The highest BCUT2D eigenvalue weighted by Gasteiger charge is 2.64. The Morgan fingerprint density at radius 3 is 0.814 bits per heavy atom. The van der Waals surface area contributed by atoms with E-state index in [0.29, 0.717) is 60.7 Å². The smallest absolute Gasteiger partial charge is 0.405 e. The van der Waals surface area contributed by atoms with Gasteiger partial charge in [0.1, 0.15) is 46.5 Å². The maximum Gasteiger partial charge on any atom is 0.497 e. The van der Waals surface area contributed by atoms with Crippen LogP contribution < -0.4 is 10.9 Å². The van der Waals surface area contributed by atoms with Gasteiger partial charge in [-0.3, -0.25) is 0 Å². The molecule has 4 saturated heterocycles. The zero-order valence-corrected chi connectivity index (χ0v) is 93.0. The van der Waals surface area contributed by atoms with E-state index in [9.17, 15) is 30.7 Å². The number of rotatable bonds is 11. The Morgan fingerprint density at radius 1 is 0.269 bits per heavy atom. The second kappa shape index (κ2) is 51.9. The van der Waals surface area contributed by atoms with Crippen LogP contribution in [0.5, 0.6) is 0 Å². The van der Waals surface area contributed by atoms with Crippen LogP contribution in [0.2, 0.25) is 15.3 Å². The van der Waals surface area contributed by atoms with Crippen molar-refractivity contribution in [3.8, 4) is 115 Å². The third-order valence-electron chi connectivity index (χ3n) is 24.5. The Kier molecular flexibility index (Phi) is 42.6. The van der Waals surface area contributed by atoms with Gasteiger partial charge in [-0.15, -0.1) is 0 Å². The normalized spacial score (nSPS) is 15.4. The van der Waals surface area contributed by atoms with E-state index in [-0.39, 0.29) is 90.2 Å². The molecule has 0 radical (unpaired) electrons. The van der Waals surface area contributed by atoms with Crippen LogP contribution in [-0.2, 0) is 37.2 Å². The van der Waals surface area contributed by atoms with Crippen molar-refractivity contribution in [1.29, 1.82) is 21.0 Å². The lowest BCUT2D eigenvalue weighted by atomic mass is 9.49. The van der Waals surface area contributed by atoms with E-state index in [1.165, 1.54) is 91.0 Å². The highest BCUT2D eigenvalue weighted by Crippen LogP contribution is 2.45. The lowest BCUT2D eigenvalue weighted by molar-refractivity contribution is 0.00578. The molecule has 746 valence electrons. The Balaban J connectivity index is 0.000000192. The van der Waals surface area contributed by atoms with Gasteiger partial charge in [-0.1, -0.05) is 200 Å². The SMILES string of the molecule is C.CC1(C)OB(B2OC(C)(C)C(C)(C)O2)OC1(C)C.CC1(C)OB(c2ccc(-c3ccc(C#N)cc3F)c(F)c2)OC1(C)C.CC1(C)OB(c2ccc(Cl)cc2F)OC1(C)C.Clc1nc(-c2ccccc2)nc(-c2ccccc2)n1.II.II.N#Cc1ccc(-c2ccc(-c3nc(-c4ccccc4)nc(-c4ccccc4)n3)cc2F)c(F)c1.N#Cc1ccc(-c2ccc(Cl)cc2F)c(F)c1.N#Cc1ccc(Br)c(F)c1. The Hall–Kier alpha value is -9.73. The summed E-state index contributed by atoms with van der Waals surface area (Å²) in [7, 11) is -2.32. The molecule has 0 atom stereocenters. The highest BCUT2D eigenvalue weighted by atomic mass is 128. The number of benzene rings is 12. The fourth-order valence-electron chi connectivity index (χ4n) is 13.8. The van der Waals surface area contributed by atoms with Gasteiger partial charge in [0, 0.05) is 151 Å².